The maximum Gasteiger partial charge on any atom is 0.165 e. The molecular weight excluding hydrogens is 381 g/mol. The van der Waals surface area contributed by atoms with Crippen molar-refractivity contribution in [3.63, 3.8) is 0 Å². The number of hydrogen-bond donors (Lipinski definition) is 1. The van der Waals surface area contributed by atoms with Gasteiger partial charge >= 0.3 is 0 Å². The first-order valence-electron chi connectivity index (χ1n) is 6.48. The molecule has 2 aromatic rings. The quantitative estimate of drug-likeness (QED) is 0.783. The highest BCUT2D eigenvalue weighted by molar-refractivity contribution is 14.1. The molecule has 0 saturated heterocycles. The third kappa shape index (κ3) is 3.44. The average molecular weight is 399 g/mol. The zero-order chi connectivity index (χ0) is 15.4. The molecule has 0 amide bonds. The maximum absolute atomic E-state index is 5.45. The van der Waals surface area contributed by atoms with Crippen LogP contribution in [0, 0.1) is 10.5 Å². The monoisotopic (exact) mass is 399 g/mol. The molecule has 21 heavy (non-hydrogen) atoms. The zero-order valence-electron chi connectivity index (χ0n) is 12.5. The van der Waals surface area contributed by atoms with E-state index < -0.39 is 0 Å². The molecule has 0 atom stereocenters. The van der Waals surface area contributed by atoms with Gasteiger partial charge in [0.05, 0.1) is 28.5 Å². The molecule has 0 unspecified atom stereocenters. The molecule has 1 heterocycles. The van der Waals surface area contributed by atoms with Crippen molar-refractivity contribution in [1.82, 2.24) is 9.97 Å². The number of aryl methyl sites for hydroxylation is 1. The second kappa shape index (κ2) is 7.04. The van der Waals surface area contributed by atoms with Crippen LogP contribution in [0.5, 0.6) is 5.75 Å². The average Bonchev–Trinajstić information content (AvgIpc) is 2.49. The van der Waals surface area contributed by atoms with Crippen LogP contribution in [0.25, 0.3) is 11.4 Å². The van der Waals surface area contributed by atoms with Crippen LogP contribution in [0.4, 0.5) is 5.82 Å². The number of aromatic nitrogens is 2. The number of hydrogen-bond acceptors (Lipinski definition) is 5. The van der Waals surface area contributed by atoms with Gasteiger partial charge in [0.1, 0.15) is 11.6 Å². The fraction of sp³-hybridized carbons (Fsp3) is 0.333. The van der Waals surface area contributed by atoms with E-state index in [-0.39, 0.29) is 0 Å². The van der Waals surface area contributed by atoms with Gasteiger partial charge in [-0.25, -0.2) is 9.97 Å². The third-order valence-corrected chi connectivity index (χ3v) is 4.17. The van der Waals surface area contributed by atoms with Crippen LogP contribution >= 0.6 is 22.6 Å². The van der Waals surface area contributed by atoms with Crippen LogP contribution < -0.4 is 10.1 Å². The summed E-state index contributed by atoms with van der Waals surface area (Å²) in [5.41, 5.74) is 2.86. The minimum Gasteiger partial charge on any atom is -0.496 e. The van der Waals surface area contributed by atoms with Gasteiger partial charge in [0, 0.05) is 14.2 Å². The van der Waals surface area contributed by atoms with E-state index in [2.05, 4.69) is 37.9 Å². The summed E-state index contributed by atoms with van der Waals surface area (Å²) in [4.78, 5) is 9.19. The molecule has 5 nitrogen and oxygen atoms in total. The highest BCUT2D eigenvalue weighted by atomic mass is 127. The lowest BCUT2D eigenvalue weighted by molar-refractivity contribution is 0.181. The molecule has 0 aliphatic heterocycles. The van der Waals surface area contributed by atoms with Gasteiger partial charge in [0.25, 0.3) is 0 Å². The molecule has 6 heteroatoms. The Hall–Kier alpha value is -1.41. The first-order valence-corrected chi connectivity index (χ1v) is 7.56. The van der Waals surface area contributed by atoms with Crippen molar-refractivity contribution >= 4 is 28.4 Å². The van der Waals surface area contributed by atoms with Gasteiger partial charge in [-0.05, 0) is 47.2 Å². The number of nitrogens with one attached hydrogen (secondary N) is 1. The van der Waals surface area contributed by atoms with E-state index in [9.17, 15) is 0 Å². The summed E-state index contributed by atoms with van der Waals surface area (Å²) in [7, 11) is 5.15. The normalized spacial score (nSPS) is 10.5. The van der Waals surface area contributed by atoms with Gasteiger partial charge in [-0.1, -0.05) is 6.07 Å². The third-order valence-electron chi connectivity index (χ3n) is 3.04. The lowest BCUT2D eigenvalue weighted by atomic mass is 10.1. The Morgan fingerprint density at radius 1 is 1.24 bits per heavy atom. The number of ether oxygens (including phenoxy) is 2. The largest absolute Gasteiger partial charge is 0.496 e. The minimum atomic E-state index is 0.441. The molecule has 0 aliphatic carbocycles. The lowest BCUT2D eigenvalue weighted by Crippen LogP contribution is -2.06. The Morgan fingerprint density at radius 3 is 2.62 bits per heavy atom. The summed E-state index contributed by atoms with van der Waals surface area (Å²) < 4.78 is 11.6. The van der Waals surface area contributed by atoms with E-state index in [0.717, 1.165) is 32.0 Å². The van der Waals surface area contributed by atoms with Gasteiger partial charge in [-0.2, -0.15) is 0 Å². The minimum absolute atomic E-state index is 0.441. The number of anilines is 1. The predicted octanol–water partition coefficient (Wildman–Crippen LogP) is 3.25. The van der Waals surface area contributed by atoms with E-state index in [1.165, 1.54) is 0 Å². The fourth-order valence-electron chi connectivity index (χ4n) is 2.00. The molecule has 1 aromatic heterocycles. The Bertz CT molecular complexity index is 647. The van der Waals surface area contributed by atoms with Crippen LogP contribution in [0.15, 0.2) is 18.2 Å². The number of rotatable bonds is 5. The van der Waals surface area contributed by atoms with Gasteiger partial charge in [0.2, 0.25) is 0 Å². The first kappa shape index (κ1) is 16.0. The molecule has 2 rings (SSSR count). The molecule has 112 valence electrons. The van der Waals surface area contributed by atoms with Crippen molar-refractivity contribution in [2.24, 2.45) is 0 Å². The highest BCUT2D eigenvalue weighted by Crippen LogP contribution is 2.31. The van der Waals surface area contributed by atoms with E-state index in [0.29, 0.717) is 12.4 Å². The van der Waals surface area contributed by atoms with E-state index in [1.54, 1.807) is 14.2 Å². The standard InChI is InChI=1S/C15H18IN3O2/c1-9-5-6-10(12(7-9)21-4)14-18-11(8-20-3)13(16)15(17-2)19-14/h5-7H,8H2,1-4H3,(H,17,18,19). The number of methoxy groups -OCH3 is 2. The van der Waals surface area contributed by atoms with Gasteiger partial charge < -0.3 is 14.8 Å². The van der Waals surface area contributed by atoms with Crippen LogP contribution in [0.3, 0.4) is 0 Å². The van der Waals surface area contributed by atoms with Crippen molar-refractivity contribution in [3.05, 3.63) is 33.0 Å². The summed E-state index contributed by atoms with van der Waals surface area (Å²) in [6.45, 7) is 2.47. The number of halogens is 1. The number of nitrogens with zero attached hydrogens (tertiary/aromatic N) is 2. The summed E-state index contributed by atoms with van der Waals surface area (Å²) in [5.74, 6) is 2.18. The molecule has 0 bridgehead atoms. The molecule has 0 radical (unpaired) electrons. The SMILES string of the molecule is CNc1nc(-c2ccc(C)cc2OC)nc(COC)c1I. The predicted molar refractivity (Wildman–Crippen MR) is 91.7 cm³/mol. The van der Waals surface area contributed by atoms with Gasteiger partial charge in [-0.15, -0.1) is 0 Å². The molecule has 1 aromatic carbocycles. The van der Waals surface area contributed by atoms with Crippen molar-refractivity contribution in [1.29, 1.82) is 0 Å². The molecule has 0 aliphatic rings. The second-order valence-electron chi connectivity index (χ2n) is 4.54. The van der Waals surface area contributed by atoms with E-state index in [1.807, 2.05) is 32.2 Å². The van der Waals surface area contributed by atoms with Crippen molar-refractivity contribution in [2.75, 3.05) is 26.6 Å². The Kier molecular flexibility index (Phi) is 5.35. The maximum atomic E-state index is 5.45. The van der Waals surface area contributed by atoms with Gasteiger partial charge in [0.15, 0.2) is 5.82 Å². The van der Waals surface area contributed by atoms with Crippen molar-refractivity contribution in [2.45, 2.75) is 13.5 Å². The topological polar surface area (TPSA) is 56.3 Å². The van der Waals surface area contributed by atoms with Gasteiger partial charge in [-0.3, -0.25) is 0 Å². The Labute approximate surface area is 138 Å². The second-order valence-corrected chi connectivity index (χ2v) is 5.62. The Morgan fingerprint density at radius 2 is 2.00 bits per heavy atom. The first-order chi connectivity index (χ1) is 10.1. The fourth-order valence-corrected chi connectivity index (χ4v) is 2.66. The van der Waals surface area contributed by atoms with E-state index in [4.69, 9.17) is 9.47 Å². The van der Waals surface area contributed by atoms with Crippen molar-refractivity contribution < 1.29 is 9.47 Å². The smallest absolute Gasteiger partial charge is 0.165 e. The molecular formula is C15H18IN3O2. The summed E-state index contributed by atoms with van der Waals surface area (Å²) in [6, 6.07) is 5.98. The van der Waals surface area contributed by atoms with Crippen molar-refractivity contribution in [3.8, 4) is 17.1 Å². The van der Waals surface area contributed by atoms with Crippen LogP contribution in [0.2, 0.25) is 0 Å². The van der Waals surface area contributed by atoms with Crippen LogP contribution in [0.1, 0.15) is 11.3 Å². The zero-order valence-corrected chi connectivity index (χ0v) is 14.7. The molecule has 0 saturated carbocycles. The summed E-state index contributed by atoms with van der Waals surface area (Å²) in [6.07, 6.45) is 0. The highest BCUT2D eigenvalue weighted by Gasteiger charge is 2.15. The molecule has 1 N–H and O–H groups in total. The lowest BCUT2D eigenvalue weighted by Gasteiger charge is -2.13. The summed E-state index contributed by atoms with van der Waals surface area (Å²) in [5, 5.41) is 3.10. The summed E-state index contributed by atoms with van der Waals surface area (Å²) >= 11 is 2.22. The van der Waals surface area contributed by atoms with Crippen LogP contribution in [-0.2, 0) is 11.3 Å². The molecule has 0 spiro atoms. The van der Waals surface area contributed by atoms with E-state index >= 15 is 0 Å². The number of benzene rings is 1. The van der Waals surface area contributed by atoms with Crippen LogP contribution in [-0.4, -0.2) is 31.2 Å². The Balaban J connectivity index is 2.60. The molecule has 0 fully saturated rings.